The minimum atomic E-state index is -1.02. The number of carbonyl (C=O) groups is 5. The molecule has 16 heteroatoms. The molecule has 3 saturated carbocycles. The Hall–Kier alpha value is -6.71. The lowest BCUT2D eigenvalue weighted by atomic mass is 9.35. The summed E-state index contributed by atoms with van der Waals surface area (Å²) in [6.45, 7) is 1.69. The molecular weight excluding hydrogens is 722 g/mol. The van der Waals surface area contributed by atoms with Crippen LogP contribution in [0.3, 0.4) is 0 Å². The van der Waals surface area contributed by atoms with Crippen LogP contribution in [0.1, 0.15) is 52.8 Å². The van der Waals surface area contributed by atoms with E-state index in [9.17, 15) is 29.1 Å². The van der Waals surface area contributed by atoms with E-state index in [0.29, 0.717) is 53.9 Å². The Balaban J connectivity index is 0.739. The predicted molar refractivity (Wildman–Crippen MR) is 200 cm³/mol. The molecule has 1 unspecified atom stereocenters. The number of piperidine rings is 1. The Labute approximate surface area is 320 Å². The molecule has 1 atom stereocenters. The molecule has 4 fully saturated rings. The summed E-state index contributed by atoms with van der Waals surface area (Å²) in [5.74, 6) is -0.397. The number of nitrogens with two attached hydrogens (primary N) is 1. The molecule has 9 rings (SSSR count). The molecule has 0 spiro atoms. The monoisotopic (exact) mass is 761 g/mol. The second kappa shape index (κ2) is 14.5. The highest BCUT2D eigenvalue weighted by Crippen LogP contribution is 2.73. The number of amides is 5. The van der Waals surface area contributed by atoms with Crippen molar-refractivity contribution in [2.24, 2.45) is 10.8 Å². The van der Waals surface area contributed by atoms with Crippen LogP contribution in [0.5, 0.6) is 23.0 Å². The maximum Gasteiger partial charge on any atom is 0.262 e. The Morgan fingerprint density at radius 1 is 0.857 bits per heavy atom. The van der Waals surface area contributed by atoms with E-state index >= 15 is 0 Å². The fourth-order valence-electron chi connectivity index (χ4n) is 8.06. The number of para-hydroxylation sites is 1. The Bertz CT molecular complexity index is 2240. The normalized spacial score (nSPS) is 22.0. The van der Waals surface area contributed by atoms with Crippen molar-refractivity contribution < 1.29 is 43.3 Å². The average Bonchev–Trinajstić information content (AvgIpc) is 3.40. The number of nitrogen functional groups attached to an aromatic ring is 1. The number of aromatic hydroxyl groups is 1. The van der Waals surface area contributed by atoms with Crippen LogP contribution in [0.25, 0.3) is 11.3 Å². The molecule has 2 bridgehead atoms. The van der Waals surface area contributed by atoms with Crippen LogP contribution in [0.15, 0.2) is 72.8 Å². The highest BCUT2D eigenvalue weighted by Gasteiger charge is 2.71. The fraction of sp³-hybridized carbons (Fsp3) is 0.325. The number of phenols is 1. The number of benzene rings is 3. The third-order valence-electron chi connectivity index (χ3n) is 10.7. The maximum absolute atomic E-state index is 13.1. The number of carbonyl (C=O) groups excluding carboxylic acids is 5. The number of hydrogen-bond acceptors (Lipinski definition) is 13. The summed E-state index contributed by atoms with van der Waals surface area (Å²) in [6, 6.07) is 19.4. The van der Waals surface area contributed by atoms with E-state index in [0.717, 1.165) is 24.2 Å². The number of aromatic nitrogens is 2. The number of imide groups is 2. The zero-order chi connectivity index (χ0) is 39.0. The van der Waals surface area contributed by atoms with E-state index in [1.807, 2.05) is 0 Å². The highest BCUT2D eigenvalue weighted by molar-refractivity contribution is 6.23. The van der Waals surface area contributed by atoms with Gasteiger partial charge in [-0.2, -0.15) is 0 Å². The van der Waals surface area contributed by atoms with Crippen molar-refractivity contribution in [3.8, 4) is 34.3 Å². The number of hydrogen-bond donors (Lipinski definition) is 5. The number of nitrogens with zero attached hydrogens (tertiary/aromatic N) is 3. The molecule has 56 heavy (non-hydrogen) atoms. The molecule has 5 aliphatic rings. The van der Waals surface area contributed by atoms with Gasteiger partial charge in [0.15, 0.2) is 11.6 Å². The smallest absolute Gasteiger partial charge is 0.262 e. The highest BCUT2D eigenvalue weighted by atomic mass is 16.5. The van der Waals surface area contributed by atoms with Crippen molar-refractivity contribution in [2.75, 3.05) is 44.0 Å². The van der Waals surface area contributed by atoms with Crippen LogP contribution in [0.2, 0.25) is 0 Å². The fourth-order valence-corrected chi connectivity index (χ4v) is 8.06. The van der Waals surface area contributed by atoms with Crippen LogP contribution in [0.4, 0.5) is 11.5 Å². The first-order valence-corrected chi connectivity index (χ1v) is 18.3. The van der Waals surface area contributed by atoms with Gasteiger partial charge in [-0.1, -0.05) is 18.2 Å². The van der Waals surface area contributed by atoms with Crippen molar-refractivity contribution in [3.05, 3.63) is 83.9 Å². The van der Waals surface area contributed by atoms with Crippen molar-refractivity contribution in [2.45, 2.75) is 38.1 Å². The largest absolute Gasteiger partial charge is 0.507 e. The molecule has 4 aromatic rings. The van der Waals surface area contributed by atoms with Gasteiger partial charge >= 0.3 is 0 Å². The molecule has 3 heterocycles. The van der Waals surface area contributed by atoms with Crippen LogP contribution < -0.4 is 35.9 Å². The summed E-state index contributed by atoms with van der Waals surface area (Å²) in [7, 11) is 0. The first kappa shape index (κ1) is 36.3. The van der Waals surface area contributed by atoms with Gasteiger partial charge in [-0.05, 0) is 68.1 Å². The van der Waals surface area contributed by atoms with Crippen molar-refractivity contribution in [1.29, 1.82) is 0 Å². The average molecular weight is 762 g/mol. The van der Waals surface area contributed by atoms with Gasteiger partial charge in [0.05, 0.1) is 29.7 Å². The zero-order valence-corrected chi connectivity index (χ0v) is 30.2. The standard InChI is InChI=1S/C40H39N7O9/c41-34-32(18-29(45-46-34)27-6-1-2-7-31(27)48)56-22-39-19-40(20-39,21-39)38(53)43-13-15-55-25-5-3-4-24(17-25)54-14-12-42-23-8-9-26-28(16-23)37(52)47(36(26)51)30-10-11-33(49)44-35(30)50/h1-9,16-18,30,42,48H,10-15,19-22H2,(H2,41,46)(H,43,53)(H,44,49,50). The zero-order valence-electron chi connectivity index (χ0n) is 30.2. The lowest BCUT2D eigenvalue weighted by Gasteiger charge is -2.68. The van der Waals surface area contributed by atoms with E-state index in [4.69, 9.17) is 19.9 Å². The van der Waals surface area contributed by atoms with Gasteiger partial charge < -0.3 is 35.7 Å². The minimum Gasteiger partial charge on any atom is -0.507 e. The molecule has 3 aromatic carbocycles. The van der Waals surface area contributed by atoms with Crippen LogP contribution in [-0.2, 0) is 14.4 Å². The van der Waals surface area contributed by atoms with E-state index in [-0.39, 0.29) is 60.1 Å². The van der Waals surface area contributed by atoms with Crippen LogP contribution >= 0.6 is 0 Å². The summed E-state index contributed by atoms with van der Waals surface area (Å²) in [4.78, 5) is 63.8. The maximum atomic E-state index is 13.1. The van der Waals surface area contributed by atoms with Crippen LogP contribution in [0, 0.1) is 10.8 Å². The van der Waals surface area contributed by atoms with Crippen LogP contribution in [-0.4, -0.2) is 88.7 Å². The van der Waals surface area contributed by atoms with Gasteiger partial charge in [0.1, 0.15) is 42.2 Å². The molecule has 5 amide bonds. The Morgan fingerprint density at radius 3 is 2.34 bits per heavy atom. The number of fused-ring (bicyclic) bond motifs is 1. The first-order valence-electron chi connectivity index (χ1n) is 18.3. The topological polar surface area (TPSA) is 224 Å². The van der Waals surface area contributed by atoms with Gasteiger partial charge in [0, 0.05) is 41.8 Å². The van der Waals surface area contributed by atoms with Crippen molar-refractivity contribution in [1.82, 2.24) is 25.7 Å². The lowest BCUT2D eigenvalue weighted by molar-refractivity contribution is -0.217. The molecule has 1 saturated heterocycles. The Kier molecular flexibility index (Phi) is 9.40. The third-order valence-corrected chi connectivity index (χ3v) is 10.7. The number of nitrogens with one attached hydrogen (secondary N) is 3. The van der Waals surface area contributed by atoms with Crippen molar-refractivity contribution >= 4 is 41.0 Å². The van der Waals surface area contributed by atoms with E-state index in [2.05, 4.69) is 26.1 Å². The van der Waals surface area contributed by atoms with E-state index in [1.165, 1.54) is 0 Å². The summed E-state index contributed by atoms with van der Waals surface area (Å²) < 4.78 is 17.8. The second-order valence-electron chi connectivity index (χ2n) is 14.7. The molecule has 6 N–H and O–H groups in total. The van der Waals surface area contributed by atoms with E-state index < -0.39 is 35.1 Å². The molecular formula is C40H39N7O9. The quantitative estimate of drug-likeness (QED) is 0.0869. The third kappa shape index (κ3) is 6.89. The predicted octanol–water partition coefficient (Wildman–Crippen LogP) is 3.07. The molecule has 0 radical (unpaired) electrons. The summed E-state index contributed by atoms with van der Waals surface area (Å²) in [5, 5.41) is 26.6. The molecule has 288 valence electrons. The van der Waals surface area contributed by atoms with Gasteiger partial charge in [-0.25, -0.2) is 0 Å². The number of rotatable bonds is 15. The first-order chi connectivity index (χ1) is 27.0. The molecule has 16 nitrogen and oxygen atoms in total. The summed E-state index contributed by atoms with van der Waals surface area (Å²) in [5.41, 5.74) is 7.52. The lowest BCUT2D eigenvalue weighted by Crippen LogP contribution is -2.69. The SMILES string of the molecule is Nc1nnc(-c2ccccc2O)cc1OCC12CC(C(=O)NCCOc3cccc(OCCNc4ccc5c(c4)C(=O)N(C4CCC(=O)NC4=O)C5=O)c3)(C1)C2. The van der Waals surface area contributed by atoms with Gasteiger partial charge in [-0.3, -0.25) is 34.2 Å². The van der Waals surface area contributed by atoms with E-state index in [1.54, 1.807) is 72.8 Å². The van der Waals surface area contributed by atoms with Gasteiger partial charge in [0.2, 0.25) is 17.7 Å². The van der Waals surface area contributed by atoms with Gasteiger partial charge in [-0.15, -0.1) is 10.2 Å². The molecule has 2 aliphatic heterocycles. The van der Waals surface area contributed by atoms with Gasteiger partial charge in [0.25, 0.3) is 11.8 Å². The molecule has 1 aromatic heterocycles. The summed E-state index contributed by atoms with van der Waals surface area (Å²) >= 11 is 0. The second-order valence-corrected chi connectivity index (χ2v) is 14.7. The summed E-state index contributed by atoms with van der Waals surface area (Å²) in [6.07, 6.45) is 2.31. The molecule has 3 aliphatic carbocycles. The number of phenolic OH excluding ortho intramolecular Hbond substituents is 1. The van der Waals surface area contributed by atoms with Crippen molar-refractivity contribution in [3.63, 3.8) is 0 Å². The minimum absolute atomic E-state index is 0.00506. The number of anilines is 2. The Morgan fingerprint density at radius 2 is 1.59 bits per heavy atom. The number of ether oxygens (including phenoxy) is 3.